The molecule has 1 spiro atoms. The Morgan fingerprint density at radius 1 is 1.06 bits per heavy atom. The van der Waals surface area contributed by atoms with Crippen LogP contribution in [0.5, 0.6) is 0 Å². The van der Waals surface area contributed by atoms with E-state index in [-0.39, 0.29) is 47.8 Å². The lowest BCUT2D eigenvalue weighted by Crippen LogP contribution is -2.81. The van der Waals surface area contributed by atoms with Gasteiger partial charge in [-0.3, -0.25) is 14.7 Å². The fourth-order valence-corrected chi connectivity index (χ4v) is 12.2. The quantitative estimate of drug-likeness (QED) is 0.265. The number of nitrogens with one attached hydrogen (secondary N) is 1. The van der Waals surface area contributed by atoms with Crippen LogP contribution in [-0.2, 0) is 25.4 Å². The van der Waals surface area contributed by atoms with Gasteiger partial charge in [0.1, 0.15) is 11.2 Å². The highest BCUT2D eigenvalue weighted by Gasteiger charge is 2.87. The van der Waals surface area contributed by atoms with Gasteiger partial charge < -0.3 is 29.7 Å². The number of piperidine rings is 1. The van der Waals surface area contributed by atoms with Gasteiger partial charge in [-0.2, -0.15) is 0 Å². The van der Waals surface area contributed by atoms with Gasteiger partial charge in [0, 0.05) is 74.4 Å². The Bertz CT molecular complexity index is 1680. The number of anilines is 1. The van der Waals surface area contributed by atoms with Gasteiger partial charge in [0.25, 0.3) is 0 Å². The van der Waals surface area contributed by atoms with Crippen molar-refractivity contribution in [3.8, 4) is 0 Å². The Hall–Kier alpha value is -3.15. The first kappa shape index (κ1) is 33.0. The van der Waals surface area contributed by atoms with E-state index in [1.807, 2.05) is 19.1 Å². The minimum atomic E-state index is -1.30. The normalized spacial score (nSPS) is 41.6. The predicted molar refractivity (Wildman–Crippen MR) is 182 cm³/mol. The number of aryl methyl sites for hydroxylation is 1. The van der Waals surface area contributed by atoms with E-state index in [1.165, 1.54) is 6.08 Å². The number of likely N-dealkylation sites (N-methyl/N-ethyl adjacent to an activating group) is 1. The van der Waals surface area contributed by atoms with E-state index >= 15 is 0 Å². The predicted octanol–water partition coefficient (Wildman–Crippen LogP) is 4.25. The fraction of sp³-hybridized carbons (Fsp3) is 0.615. The highest BCUT2D eigenvalue weighted by molar-refractivity contribution is 6.06. The number of esters is 1. The number of carbonyl (C=O) groups excluding carboxylic acids is 2. The molecule has 1 amide bonds. The maximum absolute atomic E-state index is 14.4. The van der Waals surface area contributed by atoms with E-state index in [0.717, 1.165) is 30.6 Å². The summed E-state index contributed by atoms with van der Waals surface area (Å²) < 4.78 is 19.1. The van der Waals surface area contributed by atoms with Crippen molar-refractivity contribution in [1.29, 1.82) is 0 Å². The van der Waals surface area contributed by atoms with Crippen LogP contribution in [0.25, 0.3) is 6.08 Å². The van der Waals surface area contributed by atoms with E-state index < -0.39 is 28.2 Å². The molecular formula is C39H49N3O7. The number of nitrogens with zero attached hydrogens (tertiary/aromatic N) is 2. The molecule has 262 valence electrons. The lowest BCUT2D eigenvalue weighted by Gasteiger charge is -2.70. The lowest BCUT2D eigenvalue weighted by molar-refractivity contribution is -0.317. The highest BCUT2D eigenvalue weighted by Crippen LogP contribution is 2.79. The standard InChI is InChI=1S/C39H49N3O7/c1-5-25-17-23(14-16-40-25)11-12-33(43)41-28-10-8-7-9-26(28)35(44)49-36-15-13-32(48-4)39-30(36)19-27(34(39)42(6-2)22-36)37(45)21-29(47-3)24-18-31(39)38(37,46)20-24/h7-12,14,16-17,24,27,29-32,34,45-46H,5-6,13,15,18-22H2,1-4H3,(H,41,43)/b12-11+/t24-,27+,29-,30+,31+,32-,34?,36+,37-,38+,39-/m0/s1. The van der Waals surface area contributed by atoms with Crippen molar-refractivity contribution in [2.24, 2.45) is 29.1 Å². The molecule has 2 aromatic rings. The molecule has 2 heterocycles. The van der Waals surface area contributed by atoms with Gasteiger partial charge in [-0.1, -0.05) is 26.0 Å². The van der Waals surface area contributed by atoms with E-state index in [2.05, 4.69) is 22.1 Å². The smallest absolute Gasteiger partial charge is 0.340 e. The van der Waals surface area contributed by atoms with Gasteiger partial charge in [-0.05, 0) is 86.9 Å². The van der Waals surface area contributed by atoms with Crippen LogP contribution in [0.15, 0.2) is 48.7 Å². The molecule has 5 saturated carbocycles. The molecule has 0 radical (unpaired) electrons. The molecule has 3 N–H and O–H groups in total. The summed E-state index contributed by atoms with van der Waals surface area (Å²) in [5, 5.41) is 28.3. The Morgan fingerprint density at radius 3 is 2.63 bits per heavy atom. The summed E-state index contributed by atoms with van der Waals surface area (Å²) >= 11 is 0. The number of rotatable bonds is 9. The van der Waals surface area contributed by atoms with Crippen molar-refractivity contribution in [2.45, 2.75) is 93.8 Å². The van der Waals surface area contributed by atoms with Crippen LogP contribution in [-0.4, -0.2) is 94.3 Å². The van der Waals surface area contributed by atoms with Crippen LogP contribution in [0.2, 0.25) is 0 Å². The highest BCUT2D eigenvalue weighted by atomic mass is 16.6. The number of pyridine rings is 1. The van der Waals surface area contributed by atoms with Crippen LogP contribution < -0.4 is 5.32 Å². The number of fused-ring (bicyclic) bond motifs is 2. The van der Waals surface area contributed by atoms with Gasteiger partial charge in [0.15, 0.2) is 0 Å². The molecule has 1 aromatic carbocycles. The minimum Gasteiger partial charge on any atom is -0.454 e. The molecule has 1 unspecified atom stereocenters. The van der Waals surface area contributed by atoms with Crippen LogP contribution in [0.1, 0.15) is 74.0 Å². The number of aromatic nitrogens is 1. The molecule has 10 nitrogen and oxygen atoms in total. The average Bonchev–Trinajstić information content (AvgIpc) is 3.58. The first-order chi connectivity index (χ1) is 23.6. The van der Waals surface area contributed by atoms with E-state index in [1.54, 1.807) is 50.8 Å². The second-order valence-corrected chi connectivity index (χ2v) is 15.5. The van der Waals surface area contributed by atoms with Crippen LogP contribution in [0.3, 0.4) is 0 Å². The second-order valence-electron chi connectivity index (χ2n) is 15.5. The maximum Gasteiger partial charge on any atom is 0.340 e. The summed E-state index contributed by atoms with van der Waals surface area (Å²) in [6.07, 6.45) is 9.12. The van der Waals surface area contributed by atoms with Crippen molar-refractivity contribution < 1.29 is 34.0 Å². The van der Waals surface area contributed by atoms with Crippen molar-refractivity contribution >= 4 is 23.6 Å². The Kier molecular flexibility index (Phi) is 7.88. The van der Waals surface area contributed by atoms with Crippen LogP contribution in [0, 0.1) is 29.1 Å². The van der Waals surface area contributed by atoms with Gasteiger partial charge in [0.2, 0.25) is 5.91 Å². The summed E-state index contributed by atoms with van der Waals surface area (Å²) in [7, 11) is 3.49. The Balaban J connectivity index is 1.12. The van der Waals surface area contributed by atoms with E-state index in [4.69, 9.17) is 14.2 Å². The third-order valence-electron chi connectivity index (χ3n) is 13.9. The zero-order valence-electron chi connectivity index (χ0n) is 28.9. The summed E-state index contributed by atoms with van der Waals surface area (Å²) in [4.78, 5) is 34.2. The zero-order chi connectivity index (χ0) is 34.3. The number of hydrogen-bond acceptors (Lipinski definition) is 9. The molecule has 6 aliphatic rings. The van der Waals surface area contributed by atoms with Crippen LogP contribution >= 0.6 is 0 Å². The SMILES string of the molecule is CCc1cc(/C=C/C(=O)Nc2ccccc2C(=O)O[C@@]23CC[C@H](OC)[C@]45C([C@@H](C[C@H]24)[C@@]2(O)C[C@H](OC)[C@H]4C[C@@H]5[C@]2(O)C4)N(CC)C3)ccn1. The molecular weight excluding hydrogens is 622 g/mol. The molecule has 1 saturated heterocycles. The maximum atomic E-state index is 14.4. The number of likely N-dealkylation sites (tertiary alicyclic amines) is 1. The van der Waals surface area contributed by atoms with Gasteiger partial charge in [-0.25, -0.2) is 4.79 Å². The van der Waals surface area contributed by atoms with E-state index in [9.17, 15) is 19.8 Å². The average molecular weight is 672 g/mol. The summed E-state index contributed by atoms with van der Waals surface area (Å²) in [5.41, 5.74) is -1.39. The van der Waals surface area contributed by atoms with Crippen molar-refractivity contribution in [2.75, 3.05) is 32.6 Å². The largest absolute Gasteiger partial charge is 0.454 e. The third-order valence-corrected chi connectivity index (χ3v) is 13.9. The van der Waals surface area contributed by atoms with Gasteiger partial charge in [0.05, 0.1) is 29.1 Å². The van der Waals surface area contributed by atoms with Crippen molar-refractivity contribution in [3.63, 3.8) is 0 Å². The number of benzene rings is 1. The first-order valence-corrected chi connectivity index (χ1v) is 18.1. The molecule has 8 rings (SSSR count). The van der Waals surface area contributed by atoms with Crippen molar-refractivity contribution in [3.05, 3.63) is 65.5 Å². The Morgan fingerprint density at radius 2 is 1.88 bits per heavy atom. The molecule has 1 aliphatic heterocycles. The lowest BCUT2D eigenvalue weighted by atomic mass is 9.44. The molecule has 10 heteroatoms. The number of para-hydroxylation sites is 1. The molecule has 1 aromatic heterocycles. The summed E-state index contributed by atoms with van der Waals surface area (Å²) in [5.74, 6) is -1.20. The Labute approximate surface area is 288 Å². The molecule has 6 fully saturated rings. The van der Waals surface area contributed by atoms with Crippen molar-refractivity contribution in [1.82, 2.24) is 9.88 Å². The van der Waals surface area contributed by atoms with Gasteiger partial charge in [-0.15, -0.1) is 0 Å². The zero-order valence-corrected chi connectivity index (χ0v) is 28.9. The fourth-order valence-electron chi connectivity index (χ4n) is 12.2. The monoisotopic (exact) mass is 671 g/mol. The number of hydrogen-bond donors (Lipinski definition) is 3. The summed E-state index contributed by atoms with van der Waals surface area (Å²) in [6.45, 7) is 5.44. The molecule has 49 heavy (non-hydrogen) atoms. The number of ether oxygens (including phenoxy) is 3. The molecule has 5 aliphatic carbocycles. The van der Waals surface area contributed by atoms with E-state index in [0.29, 0.717) is 49.9 Å². The number of methoxy groups -OCH3 is 2. The number of carbonyl (C=O) groups is 2. The topological polar surface area (TPSA) is 130 Å². The summed E-state index contributed by atoms with van der Waals surface area (Å²) in [6, 6.07) is 10.8. The second kappa shape index (κ2) is 11.7. The van der Waals surface area contributed by atoms with Gasteiger partial charge >= 0.3 is 5.97 Å². The molecule has 7 bridgehead atoms. The first-order valence-electron chi connectivity index (χ1n) is 18.1. The molecule has 11 atom stereocenters. The third kappa shape index (κ3) is 4.46. The minimum absolute atomic E-state index is 0.00336. The number of aliphatic hydroxyl groups is 2. The van der Waals surface area contributed by atoms with Crippen LogP contribution in [0.4, 0.5) is 5.69 Å². The number of amides is 1.